The first-order valence-corrected chi connectivity index (χ1v) is 3.76. The summed E-state index contributed by atoms with van der Waals surface area (Å²) in [5, 5.41) is 13.6. The normalized spacial score (nSPS) is 8.62. The number of nitriles is 1. The molecule has 1 aromatic carbocycles. The molecule has 0 saturated heterocycles. The van der Waals surface area contributed by atoms with Gasteiger partial charge in [-0.1, -0.05) is 12.1 Å². The molecule has 0 aliphatic carbocycles. The van der Waals surface area contributed by atoms with E-state index in [0.717, 1.165) is 0 Å². The number of carbonyl (C=O) groups is 1. The molecule has 0 saturated carbocycles. The van der Waals surface area contributed by atoms with Crippen LogP contribution < -0.4 is 10.6 Å². The Kier molecular flexibility index (Phi) is 2.87. The van der Waals surface area contributed by atoms with E-state index in [0.29, 0.717) is 11.3 Å². The Morgan fingerprint density at radius 3 is 2.77 bits per heavy atom. The monoisotopic (exact) mass is 175 g/mol. The van der Waals surface area contributed by atoms with Crippen LogP contribution in [0.5, 0.6) is 0 Å². The smallest absolute Gasteiger partial charge is 0.319 e. The number of benzene rings is 1. The van der Waals surface area contributed by atoms with Crippen molar-refractivity contribution < 1.29 is 4.79 Å². The van der Waals surface area contributed by atoms with Crippen molar-refractivity contribution in [3.05, 3.63) is 29.8 Å². The highest BCUT2D eigenvalue weighted by atomic mass is 16.2. The van der Waals surface area contributed by atoms with E-state index in [1.807, 2.05) is 6.07 Å². The molecule has 0 aliphatic rings. The van der Waals surface area contributed by atoms with Crippen molar-refractivity contribution >= 4 is 11.7 Å². The second-order valence-corrected chi connectivity index (χ2v) is 2.36. The van der Waals surface area contributed by atoms with Gasteiger partial charge in [-0.3, -0.25) is 0 Å². The van der Waals surface area contributed by atoms with E-state index in [2.05, 4.69) is 10.6 Å². The fraction of sp³-hybridized carbons (Fsp3) is 0.111. The van der Waals surface area contributed by atoms with Crippen molar-refractivity contribution in [1.29, 1.82) is 5.26 Å². The predicted octanol–water partition coefficient (Wildman–Crippen LogP) is 1.31. The molecule has 1 rings (SSSR count). The summed E-state index contributed by atoms with van der Waals surface area (Å²) in [6.45, 7) is 0. The summed E-state index contributed by atoms with van der Waals surface area (Å²) in [7, 11) is 1.52. The van der Waals surface area contributed by atoms with Crippen molar-refractivity contribution in [2.45, 2.75) is 0 Å². The molecule has 2 N–H and O–H groups in total. The first-order chi connectivity index (χ1) is 6.27. The van der Waals surface area contributed by atoms with Crippen LogP contribution in [0.25, 0.3) is 0 Å². The summed E-state index contributed by atoms with van der Waals surface area (Å²) in [4.78, 5) is 10.9. The Bertz CT molecular complexity index is 354. The molecule has 0 atom stereocenters. The van der Waals surface area contributed by atoms with Crippen LogP contribution in [0.2, 0.25) is 0 Å². The largest absolute Gasteiger partial charge is 0.341 e. The van der Waals surface area contributed by atoms with Gasteiger partial charge < -0.3 is 10.6 Å². The number of hydrogen-bond acceptors (Lipinski definition) is 2. The van der Waals surface area contributed by atoms with E-state index in [-0.39, 0.29) is 6.03 Å². The number of hydrogen-bond donors (Lipinski definition) is 2. The lowest BCUT2D eigenvalue weighted by Gasteiger charge is -2.04. The molecule has 0 heterocycles. The van der Waals surface area contributed by atoms with Gasteiger partial charge in [0.15, 0.2) is 0 Å². The number of para-hydroxylation sites is 1. The zero-order valence-electron chi connectivity index (χ0n) is 7.16. The number of urea groups is 1. The lowest BCUT2D eigenvalue weighted by Crippen LogP contribution is -2.24. The van der Waals surface area contributed by atoms with Gasteiger partial charge in [0.05, 0.1) is 11.3 Å². The topological polar surface area (TPSA) is 64.9 Å². The molecule has 13 heavy (non-hydrogen) atoms. The van der Waals surface area contributed by atoms with Gasteiger partial charge >= 0.3 is 6.03 Å². The Labute approximate surface area is 76.2 Å². The standard InChI is InChI=1S/C9H9N3O/c1-11-9(13)12-8-5-3-2-4-7(8)6-10/h2-5H,1H3,(H2,11,12,13). The Morgan fingerprint density at radius 1 is 1.46 bits per heavy atom. The summed E-state index contributed by atoms with van der Waals surface area (Å²) >= 11 is 0. The zero-order chi connectivity index (χ0) is 9.68. The van der Waals surface area contributed by atoms with E-state index in [9.17, 15) is 4.79 Å². The molecule has 0 fully saturated rings. The number of rotatable bonds is 1. The van der Waals surface area contributed by atoms with E-state index in [4.69, 9.17) is 5.26 Å². The van der Waals surface area contributed by atoms with E-state index in [1.165, 1.54) is 7.05 Å². The molecule has 2 amide bonds. The van der Waals surface area contributed by atoms with Gasteiger partial charge in [-0.15, -0.1) is 0 Å². The number of amides is 2. The third-order valence-corrected chi connectivity index (χ3v) is 1.52. The Hall–Kier alpha value is -2.02. The molecule has 4 nitrogen and oxygen atoms in total. The zero-order valence-corrected chi connectivity index (χ0v) is 7.16. The highest BCUT2D eigenvalue weighted by Crippen LogP contribution is 2.12. The summed E-state index contributed by atoms with van der Waals surface area (Å²) in [5.41, 5.74) is 0.968. The fourth-order valence-electron chi connectivity index (χ4n) is 0.874. The first-order valence-electron chi connectivity index (χ1n) is 3.76. The molecule has 1 aromatic rings. The van der Waals surface area contributed by atoms with Crippen LogP contribution in [-0.4, -0.2) is 13.1 Å². The third-order valence-electron chi connectivity index (χ3n) is 1.52. The van der Waals surface area contributed by atoms with Crippen LogP contribution in [0.4, 0.5) is 10.5 Å². The number of nitrogens with zero attached hydrogens (tertiary/aromatic N) is 1. The molecule has 0 aromatic heterocycles. The van der Waals surface area contributed by atoms with Crippen molar-refractivity contribution in [3.8, 4) is 6.07 Å². The minimum absolute atomic E-state index is 0.331. The van der Waals surface area contributed by atoms with Crippen LogP contribution in [-0.2, 0) is 0 Å². The van der Waals surface area contributed by atoms with E-state index in [1.54, 1.807) is 24.3 Å². The predicted molar refractivity (Wildman–Crippen MR) is 49.2 cm³/mol. The van der Waals surface area contributed by atoms with Gasteiger partial charge in [-0.2, -0.15) is 5.26 Å². The summed E-state index contributed by atoms with van der Waals surface area (Å²) in [6, 6.07) is 8.47. The van der Waals surface area contributed by atoms with Crippen LogP contribution in [0.15, 0.2) is 24.3 Å². The van der Waals surface area contributed by atoms with Gasteiger partial charge in [0.25, 0.3) is 0 Å². The maximum atomic E-state index is 10.9. The molecule has 0 radical (unpaired) electrons. The third kappa shape index (κ3) is 2.20. The average molecular weight is 175 g/mol. The maximum Gasteiger partial charge on any atom is 0.319 e. The molecular weight excluding hydrogens is 166 g/mol. The Morgan fingerprint density at radius 2 is 2.15 bits per heavy atom. The lowest BCUT2D eigenvalue weighted by atomic mass is 10.2. The summed E-state index contributed by atoms with van der Waals surface area (Å²) in [5.74, 6) is 0. The van der Waals surface area contributed by atoms with Gasteiger partial charge in [-0.25, -0.2) is 4.79 Å². The maximum absolute atomic E-state index is 10.9. The second kappa shape index (κ2) is 4.12. The molecular formula is C9H9N3O. The highest BCUT2D eigenvalue weighted by Gasteiger charge is 2.02. The highest BCUT2D eigenvalue weighted by molar-refractivity contribution is 5.90. The number of anilines is 1. The fourth-order valence-corrected chi connectivity index (χ4v) is 0.874. The molecule has 66 valence electrons. The summed E-state index contributed by atoms with van der Waals surface area (Å²) in [6.07, 6.45) is 0. The Balaban J connectivity index is 2.89. The van der Waals surface area contributed by atoms with Gasteiger partial charge in [0, 0.05) is 7.05 Å². The minimum Gasteiger partial charge on any atom is -0.341 e. The van der Waals surface area contributed by atoms with Crippen LogP contribution in [0, 0.1) is 11.3 Å². The first kappa shape index (κ1) is 9.07. The molecule has 0 unspecified atom stereocenters. The molecule has 0 aliphatic heterocycles. The molecule has 0 bridgehead atoms. The van der Waals surface area contributed by atoms with Gasteiger partial charge in [0.2, 0.25) is 0 Å². The van der Waals surface area contributed by atoms with Gasteiger partial charge in [0.1, 0.15) is 6.07 Å². The van der Waals surface area contributed by atoms with E-state index < -0.39 is 0 Å². The van der Waals surface area contributed by atoms with Crippen molar-refractivity contribution in [1.82, 2.24) is 5.32 Å². The lowest BCUT2D eigenvalue weighted by molar-refractivity contribution is 0.254. The second-order valence-electron chi connectivity index (χ2n) is 2.36. The molecule has 4 heteroatoms. The van der Waals surface area contributed by atoms with Crippen LogP contribution in [0.1, 0.15) is 5.56 Å². The van der Waals surface area contributed by atoms with Crippen LogP contribution >= 0.6 is 0 Å². The summed E-state index contributed by atoms with van der Waals surface area (Å²) < 4.78 is 0. The van der Waals surface area contributed by atoms with Crippen molar-refractivity contribution in [2.24, 2.45) is 0 Å². The minimum atomic E-state index is -0.331. The van der Waals surface area contributed by atoms with Gasteiger partial charge in [-0.05, 0) is 12.1 Å². The SMILES string of the molecule is CNC(=O)Nc1ccccc1C#N. The number of carbonyl (C=O) groups excluding carboxylic acids is 1. The number of nitrogens with one attached hydrogen (secondary N) is 2. The van der Waals surface area contributed by atoms with Crippen molar-refractivity contribution in [3.63, 3.8) is 0 Å². The van der Waals surface area contributed by atoms with E-state index >= 15 is 0 Å². The quantitative estimate of drug-likeness (QED) is 0.675. The van der Waals surface area contributed by atoms with Crippen molar-refractivity contribution in [2.75, 3.05) is 12.4 Å². The average Bonchev–Trinajstić information content (AvgIpc) is 2.18. The van der Waals surface area contributed by atoms with Crippen LogP contribution in [0.3, 0.4) is 0 Å². The molecule has 0 spiro atoms.